The molecular formula is C15H15F5N3+. The summed E-state index contributed by atoms with van der Waals surface area (Å²) in [6, 6.07) is 0.111. The Morgan fingerprint density at radius 1 is 1.09 bits per heavy atom. The zero-order valence-electron chi connectivity index (χ0n) is 12.6. The van der Waals surface area contributed by atoms with Gasteiger partial charge in [-0.25, -0.2) is 17.7 Å². The van der Waals surface area contributed by atoms with Crippen LogP contribution >= 0.6 is 0 Å². The topological polar surface area (TPSA) is 21.7 Å². The molecule has 1 aliphatic heterocycles. The van der Waals surface area contributed by atoms with Crippen molar-refractivity contribution in [2.45, 2.75) is 39.2 Å². The van der Waals surface area contributed by atoms with E-state index in [0.29, 0.717) is 18.2 Å². The lowest BCUT2D eigenvalue weighted by atomic mass is 10.0. The molecule has 0 amide bonds. The summed E-state index contributed by atoms with van der Waals surface area (Å²) in [5, 5.41) is 4.00. The molecule has 0 bridgehead atoms. The molecule has 3 rings (SSSR count). The highest BCUT2D eigenvalue weighted by molar-refractivity contribution is 5.36. The van der Waals surface area contributed by atoms with E-state index in [0.717, 1.165) is 17.5 Å². The maximum atomic E-state index is 13.9. The molecule has 1 aliphatic rings. The van der Waals surface area contributed by atoms with Crippen molar-refractivity contribution in [3.63, 3.8) is 0 Å². The number of rotatable bonds is 3. The third-order valence-corrected chi connectivity index (χ3v) is 4.01. The number of aryl methyl sites for hydroxylation is 1. The maximum absolute atomic E-state index is 13.9. The Bertz CT molecular complexity index is 740. The average molecular weight is 332 g/mol. The monoisotopic (exact) mass is 332 g/mol. The van der Waals surface area contributed by atoms with E-state index in [1.807, 2.05) is 13.8 Å². The van der Waals surface area contributed by atoms with Crippen LogP contribution < -0.4 is 4.57 Å². The molecule has 0 unspecified atom stereocenters. The van der Waals surface area contributed by atoms with E-state index in [1.165, 1.54) is 6.33 Å². The lowest BCUT2D eigenvalue weighted by molar-refractivity contribution is -0.718. The molecule has 0 radical (unpaired) electrons. The van der Waals surface area contributed by atoms with Crippen LogP contribution in [0.2, 0.25) is 0 Å². The Balaban J connectivity index is 2.09. The standard InChI is InChI=1S/C15H15F5N3/c1-7(2)5-8-3-4-9-21-23(6-22(8)9)15-13(19)11(17)10(16)12(18)14(15)20/h6-8H,3-5H2,1-2H3/q+1/t8-/m1/s1. The second-order valence-electron chi connectivity index (χ2n) is 6.12. The van der Waals surface area contributed by atoms with Crippen LogP contribution in [0.4, 0.5) is 22.0 Å². The van der Waals surface area contributed by atoms with Gasteiger partial charge in [0.2, 0.25) is 41.1 Å². The minimum atomic E-state index is -2.17. The first kappa shape index (κ1) is 15.9. The molecule has 0 aliphatic carbocycles. The lowest BCUT2D eigenvalue weighted by Crippen LogP contribution is -2.36. The lowest BCUT2D eigenvalue weighted by Gasteiger charge is -2.11. The summed E-state index contributed by atoms with van der Waals surface area (Å²) in [4.78, 5) is 0. The molecule has 124 valence electrons. The van der Waals surface area contributed by atoms with Crippen LogP contribution in [-0.4, -0.2) is 9.78 Å². The molecule has 0 N–H and O–H groups in total. The van der Waals surface area contributed by atoms with E-state index >= 15 is 0 Å². The van der Waals surface area contributed by atoms with Crippen LogP contribution in [0.5, 0.6) is 0 Å². The zero-order valence-corrected chi connectivity index (χ0v) is 12.6. The Morgan fingerprint density at radius 3 is 2.22 bits per heavy atom. The fourth-order valence-corrected chi connectivity index (χ4v) is 2.98. The summed E-state index contributed by atoms with van der Waals surface area (Å²) in [6.07, 6.45) is 3.59. The van der Waals surface area contributed by atoms with Crippen LogP contribution in [0.1, 0.15) is 38.6 Å². The summed E-state index contributed by atoms with van der Waals surface area (Å²) in [7, 11) is 0. The van der Waals surface area contributed by atoms with Gasteiger partial charge in [0.05, 0.1) is 6.04 Å². The first-order valence-corrected chi connectivity index (χ1v) is 7.32. The number of benzene rings is 1. The van der Waals surface area contributed by atoms with Crippen molar-refractivity contribution in [2.75, 3.05) is 0 Å². The molecule has 2 aromatic rings. The molecule has 1 atom stereocenters. The Kier molecular flexibility index (Phi) is 3.85. The van der Waals surface area contributed by atoms with E-state index in [9.17, 15) is 22.0 Å². The minimum absolute atomic E-state index is 0.111. The Morgan fingerprint density at radius 2 is 1.65 bits per heavy atom. The first-order chi connectivity index (χ1) is 10.8. The molecule has 0 spiro atoms. The van der Waals surface area contributed by atoms with E-state index in [1.54, 1.807) is 4.57 Å². The Hall–Kier alpha value is -1.99. The predicted octanol–water partition coefficient (Wildman–Crippen LogP) is 3.39. The number of hydrogen-bond donors (Lipinski definition) is 0. The highest BCUT2D eigenvalue weighted by Crippen LogP contribution is 2.27. The normalized spacial score (nSPS) is 17.1. The maximum Gasteiger partial charge on any atom is 0.278 e. The van der Waals surface area contributed by atoms with Crippen molar-refractivity contribution < 1.29 is 26.5 Å². The fraction of sp³-hybridized carbons (Fsp3) is 0.467. The largest absolute Gasteiger partial charge is 0.278 e. The molecular weight excluding hydrogens is 317 g/mol. The van der Waals surface area contributed by atoms with Crippen molar-refractivity contribution in [3.05, 3.63) is 41.2 Å². The third-order valence-electron chi connectivity index (χ3n) is 4.01. The Labute approximate surface area is 129 Å². The van der Waals surface area contributed by atoms with E-state index in [-0.39, 0.29) is 6.04 Å². The smallest absolute Gasteiger partial charge is 0.231 e. The van der Waals surface area contributed by atoms with Gasteiger partial charge in [-0.15, -0.1) is 0 Å². The minimum Gasteiger partial charge on any atom is -0.231 e. The van der Waals surface area contributed by atoms with Crippen LogP contribution in [0.25, 0.3) is 5.69 Å². The quantitative estimate of drug-likeness (QED) is 0.365. The van der Waals surface area contributed by atoms with Crippen molar-refractivity contribution in [1.29, 1.82) is 0 Å². The molecule has 1 aromatic heterocycles. The van der Waals surface area contributed by atoms with Gasteiger partial charge in [-0.05, 0) is 18.8 Å². The molecule has 8 heteroatoms. The predicted molar refractivity (Wildman–Crippen MR) is 70.4 cm³/mol. The second-order valence-corrected chi connectivity index (χ2v) is 6.12. The van der Waals surface area contributed by atoms with Crippen LogP contribution in [-0.2, 0) is 6.42 Å². The van der Waals surface area contributed by atoms with Crippen LogP contribution in [0.3, 0.4) is 0 Å². The number of nitrogens with zero attached hydrogens (tertiary/aromatic N) is 3. The molecule has 2 heterocycles. The van der Waals surface area contributed by atoms with E-state index < -0.39 is 34.8 Å². The molecule has 3 nitrogen and oxygen atoms in total. The first-order valence-electron chi connectivity index (χ1n) is 7.32. The summed E-state index contributed by atoms with van der Waals surface area (Å²) in [5.41, 5.74) is -1.05. The zero-order chi connectivity index (χ0) is 16.9. The third kappa shape index (κ3) is 2.49. The van der Waals surface area contributed by atoms with E-state index in [2.05, 4.69) is 5.10 Å². The molecule has 23 heavy (non-hydrogen) atoms. The molecule has 0 saturated heterocycles. The van der Waals surface area contributed by atoms with Gasteiger partial charge in [-0.3, -0.25) is 0 Å². The van der Waals surface area contributed by atoms with Gasteiger partial charge in [0, 0.05) is 11.5 Å². The summed E-state index contributed by atoms with van der Waals surface area (Å²) >= 11 is 0. The number of halogens is 5. The van der Waals surface area contributed by atoms with Crippen molar-refractivity contribution in [3.8, 4) is 5.69 Å². The fourth-order valence-electron chi connectivity index (χ4n) is 2.98. The molecule has 1 aromatic carbocycles. The van der Waals surface area contributed by atoms with Crippen molar-refractivity contribution in [2.24, 2.45) is 5.92 Å². The highest BCUT2D eigenvalue weighted by Gasteiger charge is 2.36. The number of fused-ring (bicyclic) bond motifs is 1. The van der Waals surface area contributed by atoms with Gasteiger partial charge in [0.25, 0.3) is 5.82 Å². The number of aromatic nitrogens is 3. The highest BCUT2D eigenvalue weighted by atomic mass is 19.2. The van der Waals surface area contributed by atoms with Crippen LogP contribution in [0.15, 0.2) is 6.33 Å². The van der Waals surface area contributed by atoms with Gasteiger partial charge in [-0.1, -0.05) is 18.5 Å². The molecule has 0 saturated carbocycles. The molecule has 0 fully saturated rings. The van der Waals surface area contributed by atoms with Crippen molar-refractivity contribution in [1.82, 2.24) is 9.78 Å². The summed E-state index contributed by atoms with van der Waals surface area (Å²) in [6.45, 7) is 4.10. The SMILES string of the molecule is CC(C)C[C@H]1CCc2nn(-c3c(F)c(F)c(F)c(F)c3F)c[n+]21. The van der Waals surface area contributed by atoms with Crippen LogP contribution in [0, 0.1) is 35.0 Å². The summed E-state index contributed by atoms with van der Waals surface area (Å²) in [5.74, 6) is -8.91. The van der Waals surface area contributed by atoms with Crippen molar-refractivity contribution >= 4 is 0 Å². The summed E-state index contributed by atoms with van der Waals surface area (Å²) < 4.78 is 70.0. The van der Waals surface area contributed by atoms with Gasteiger partial charge in [0.15, 0.2) is 0 Å². The van der Waals surface area contributed by atoms with Gasteiger partial charge in [-0.2, -0.15) is 8.78 Å². The van der Waals surface area contributed by atoms with Gasteiger partial charge >= 0.3 is 0 Å². The second kappa shape index (κ2) is 5.58. The van der Waals surface area contributed by atoms with Gasteiger partial charge < -0.3 is 0 Å². The van der Waals surface area contributed by atoms with E-state index in [4.69, 9.17) is 0 Å². The number of hydrogen-bond acceptors (Lipinski definition) is 1. The van der Waals surface area contributed by atoms with Gasteiger partial charge in [0.1, 0.15) is 0 Å². The average Bonchev–Trinajstić information content (AvgIpc) is 3.05.